The molecule has 0 spiro atoms. The number of hydrogen-bond donors (Lipinski definition) is 2. The van der Waals surface area contributed by atoms with Crippen molar-refractivity contribution in [2.45, 2.75) is 88.6 Å². The highest BCUT2D eigenvalue weighted by atomic mass is 19.3. The van der Waals surface area contributed by atoms with Gasteiger partial charge in [-0.2, -0.15) is 10.2 Å². The summed E-state index contributed by atoms with van der Waals surface area (Å²) in [7, 11) is 3.48. The molecule has 2 N–H and O–H groups in total. The third kappa shape index (κ3) is 8.18. The molecule has 344 valence electrons. The molecule has 10 rings (SSSR count). The maximum atomic E-state index is 14.3. The highest BCUT2D eigenvalue weighted by Crippen LogP contribution is 2.37. The summed E-state index contributed by atoms with van der Waals surface area (Å²) in [5.74, 6) is -1.37. The number of morpholine rings is 1. The second kappa shape index (κ2) is 17.7. The number of nitrogens with one attached hydrogen (secondary N) is 2. The molecule has 5 amide bonds. The van der Waals surface area contributed by atoms with Gasteiger partial charge >= 0.3 is 0 Å². The van der Waals surface area contributed by atoms with Crippen LogP contribution >= 0.6 is 0 Å². The summed E-state index contributed by atoms with van der Waals surface area (Å²) in [4.78, 5) is 76.5. The summed E-state index contributed by atoms with van der Waals surface area (Å²) in [6.45, 7) is 3.54. The SMILES string of the molecule is CN(CCc1ccc(CNc2cccc3c2C(=O)N(C2CCC(=O)N(C)C2=O)C3=O)cc1)CC1CCC(n2cc(NC(=O)c3cnn4ccc(N5C[C@H]6C[C@@H]5CO6)nc34)c(C(F)F)n2)CC1. The van der Waals surface area contributed by atoms with Crippen molar-refractivity contribution in [3.8, 4) is 0 Å². The molecule has 3 aromatic heterocycles. The van der Waals surface area contributed by atoms with Crippen molar-refractivity contribution in [2.75, 3.05) is 55.9 Å². The Morgan fingerprint density at radius 3 is 2.48 bits per heavy atom. The number of imide groups is 2. The predicted molar refractivity (Wildman–Crippen MR) is 237 cm³/mol. The van der Waals surface area contributed by atoms with Crippen LogP contribution in [0.2, 0.25) is 0 Å². The van der Waals surface area contributed by atoms with Crippen LogP contribution in [0.3, 0.4) is 0 Å². The first-order chi connectivity index (χ1) is 31.9. The molecule has 5 aromatic rings. The number of rotatable bonds is 14. The van der Waals surface area contributed by atoms with Crippen LogP contribution in [0.4, 0.5) is 26.0 Å². The topological polar surface area (TPSA) is 180 Å². The van der Waals surface area contributed by atoms with Crippen LogP contribution in [0.15, 0.2) is 67.1 Å². The fraction of sp³-hybridized carbons (Fsp3) is 0.447. The molecule has 66 heavy (non-hydrogen) atoms. The van der Waals surface area contributed by atoms with Crippen LogP contribution in [0.25, 0.3) is 5.65 Å². The molecule has 4 fully saturated rings. The molecular weight excluding hydrogens is 853 g/mol. The number of likely N-dealkylation sites (N-methyl/N-ethyl adjacent to an activating group) is 2. The third-order valence-electron chi connectivity index (χ3n) is 13.9. The lowest BCUT2D eigenvalue weighted by Gasteiger charge is -2.32. The van der Waals surface area contributed by atoms with Crippen LogP contribution in [-0.2, 0) is 27.3 Å². The standard InChI is InChI=1S/C47H51F2N11O6/c1-55(18-16-27-6-8-28(9-7-27)21-50-35-5-3-4-33-40(35)47(65)60(45(33)63)37-14-15-39(61)56(2)46(37)64)23-29-10-12-30(13-11-29)59-25-36(41(54-59)42(48)49)52-44(62)34-22-51-58-19-17-38(53-43(34)58)57-24-32-20-31(57)26-66-32/h3-9,17,19,22,25,29-32,37,42,50H,10-16,18,20-21,23-24,26H2,1-2H3,(H,52,62)/t29?,30?,31-,32-,37?/m1/s1. The Morgan fingerprint density at radius 2 is 1.74 bits per heavy atom. The van der Waals surface area contributed by atoms with Gasteiger partial charge in [0, 0.05) is 57.7 Å². The highest BCUT2D eigenvalue weighted by molar-refractivity contribution is 6.25. The van der Waals surface area contributed by atoms with Crippen LogP contribution in [0.1, 0.15) is 105 Å². The first kappa shape index (κ1) is 43.3. The Balaban J connectivity index is 0.693. The molecule has 5 aliphatic rings. The number of likely N-dealkylation sites (tertiary alicyclic amines) is 1. The van der Waals surface area contributed by atoms with Gasteiger partial charge in [0.25, 0.3) is 30.1 Å². The van der Waals surface area contributed by atoms with Gasteiger partial charge in [-0.1, -0.05) is 30.3 Å². The smallest absolute Gasteiger partial charge is 0.284 e. The minimum Gasteiger partial charge on any atom is -0.380 e. The van der Waals surface area contributed by atoms with E-state index in [4.69, 9.17) is 9.72 Å². The molecule has 3 atom stereocenters. The summed E-state index contributed by atoms with van der Waals surface area (Å²) >= 11 is 0. The zero-order valence-electron chi connectivity index (χ0n) is 36.7. The van der Waals surface area contributed by atoms with Crippen molar-refractivity contribution >= 4 is 52.4 Å². The van der Waals surface area contributed by atoms with Crippen LogP contribution < -0.4 is 15.5 Å². The van der Waals surface area contributed by atoms with E-state index in [1.54, 1.807) is 29.1 Å². The Kier molecular flexibility index (Phi) is 11.6. The van der Waals surface area contributed by atoms with Crippen molar-refractivity contribution in [1.29, 1.82) is 0 Å². The molecule has 19 heteroatoms. The minimum absolute atomic E-state index is 0.0188. The monoisotopic (exact) mass is 903 g/mol. The molecule has 4 aliphatic heterocycles. The number of hydrogen-bond acceptors (Lipinski definition) is 12. The van der Waals surface area contributed by atoms with Gasteiger partial charge in [-0.05, 0) is 87.2 Å². The van der Waals surface area contributed by atoms with Crippen molar-refractivity contribution in [1.82, 2.24) is 39.1 Å². The highest BCUT2D eigenvalue weighted by Gasteiger charge is 2.47. The quantitative estimate of drug-likeness (QED) is 0.137. The Morgan fingerprint density at radius 1 is 0.955 bits per heavy atom. The number of fused-ring (bicyclic) bond motifs is 4. The zero-order valence-corrected chi connectivity index (χ0v) is 36.7. The summed E-state index contributed by atoms with van der Waals surface area (Å²) in [5.41, 5.74) is 3.18. The number of aromatic nitrogens is 5. The van der Waals surface area contributed by atoms with E-state index in [0.29, 0.717) is 30.4 Å². The van der Waals surface area contributed by atoms with Gasteiger partial charge < -0.3 is 25.2 Å². The normalized spacial score (nSPS) is 23.0. The van der Waals surface area contributed by atoms with Crippen LogP contribution in [-0.4, -0.2) is 127 Å². The van der Waals surface area contributed by atoms with Crippen molar-refractivity contribution in [2.24, 2.45) is 5.92 Å². The summed E-state index contributed by atoms with van der Waals surface area (Å²) in [6.07, 6.45) is 7.35. The van der Waals surface area contributed by atoms with Crippen LogP contribution in [0, 0.1) is 5.92 Å². The summed E-state index contributed by atoms with van der Waals surface area (Å²) in [5, 5.41) is 14.6. The van der Waals surface area contributed by atoms with Crippen molar-refractivity contribution in [3.63, 3.8) is 0 Å². The van der Waals surface area contributed by atoms with Crippen molar-refractivity contribution in [3.05, 3.63) is 101 Å². The van der Waals surface area contributed by atoms with Gasteiger partial charge in [-0.25, -0.2) is 18.3 Å². The maximum absolute atomic E-state index is 14.3. The number of halogens is 2. The van der Waals surface area contributed by atoms with Crippen molar-refractivity contribution < 1.29 is 37.5 Å². The summed E-state index contributed by atoms with van der Waals surface area (Å²) < 4.78 is 37.4. The van der Waals surface area contributed by atoms with E-state index in [2.05, 4.69) is 49.8 Å². The summed E-state index contributed by atoms with van der Waals surface area (Å²) in [6, 6.07) is 14.3. The number of piperidine rings is 1. The number of carbonyl (C=O) groups excluding carboxylic acids is 5. The molecule has 2 aromatic carbocycles. The van der Waals surface area contributed by atoms with E-state index < -0.39 is 41.8 Å². The number of amides is 5. The third-order valence-corrected chi connectivity index (χ3v) is 13.9. The number of anilines is 3. The number of nitrogens with zero attached hydrogens (tertiary/aromatic N) is 9. The molecule has 0 radical (unpaired) electrons. The van der Waals surface area contributed by atoms with Crippen LogP contribution in [0.5, 0.6) is 0 Å². The van der Waals surface area contributed by atoms with Gasteiger partial charge in [-0.3, -0.25) is 38.5 Å². The van der Waals surface area contributed by atoms with E-state index in [-0.39, 0.29) is 59.3 Å². The van der Waals surface area contributed by atoms with E-state index >= 15 is 0 Å². The fourth-order valence-corrected chi connectivity index (χ4v) is 10.2. The molecular formula is C47H51F2N11O6. The molecule has 17 nitrogen and oxygen atoms in total. The van der Waals surface area contributed by atoms with E-state index in [1.165, 1.54) is 29.5 Å². The Labute approximate surface area is 379 Å². The van der Waals surface area contributed by atoms with Gasteiger partial charge in [0.05, 0.1) is 47.8 Å². The number of ether oxygens (including phenoxy) is 1. The molecule has 2 bridgehead atoms. The largest absolute Gasteiger partial charge is 0.380 e. The second-order valence-electron chi connectivity index (χ2n) is 18.2. The fourth-order valence-electron chi connectivity index (χ4n) is 10.2. The zero-order chi connectivity index (χ0) is 45.8. The average molecular weight is 904 g/mol. The lowest BCUT2D eigenvalue weighted by atomic mass is 9.86. The molecule has 1 unspecified atom stereocenters. The van der Waals surface area contributed by atoms with Gasteiger partial charge in [-0.15, -0.1) is 0 Å². The van der Waals surface area contributed by atoms with Gasteiger partial charge in [0.15, 0.2) is 11.3 Å². The first-order valence-electron chi connectivity index (χ1n) is 22.6. The van der Waals surface area contributed by atoms with E-state index in [0.717, 1.165) is 79.3 Å². The average Bonchev–Trinajstić information content (AvgIpc) is 4.18. The second-order valence-corrected chi connectivity index (χ2v) is 18.2. The molecule has 1 aliphatic carbocycles. The number of benzene rings is 2. The molecule has 7 heterocycles. The number of alkyl halides is 2. The molecule has 1 saturated carbocycles. The molecule has 3 saturated heterocycles. The maximum Gasteiger partial charge on any atom is 0.284 e. The number of carbonyl (C=O) groups is 5. The predicted octanol–water partition coefficient (Wildman–Crippen LogP) is 5.35. The van der Waals surface area contributed by atoms with E-state index in [9.17, 15) is 32.8 Å². The first-order valence-corrected chi connectivity index (χ1v) is 22.6. The van der Waals surface area contributed by atoms with E-state index in [1.807, 2.05) is 18.2 Å². The lowest BCUT2D eigenvalue weighted by Crippen LogP contribution is -2.54. The lowest BCUT2D eigenvalue weighted by molar-refractivity contribution is -0.149. The Hall–Kier alpha value is -6.60. The Bertz CT molecular complexity index is 2710. The van der Waals surface area contributed by atoms with Gasteiger partial charge in [0.1, 0.15) is 17.4 Å². The van der Waals surface area contributed by atoms with Gasteiger partial charge in [0.2, 0.25) is 5.91 Å². The minimum atomic E-state index is -2.87.